The van der Waals surface area contributed by atoms with Crippen molar-refractivity contribution in [2.24, 2.45) is 5.92 Å². The summed E-state index contributed by atoms with van der Waals surface area (Å²) < 4.78 is 61.5. The number of fused-ring (bicyclic) bond motifs is 7. The summed E-state index contributed by atoms with van der Waals surface area (Å²) in [6, 6.07) is 8.59. The Labute approximate surface area is 275 Å². The molecule has 48 heavy (non-hydrogen) atoms. The van der Waals surface area contributed by atoms with Gasteiger partial charge in [-0.3, -0.25) is 4.90 Å². The third-order valence-electron chi connectivity index (χ3n) is 11.4. The summed E-state index contributed by atoms with van der Waals surface area (Å²) in [7, 11) is 0. The van der Waals surface area contributed by atoms with Crippen LogP contribution in [0.15, 0.2) is 30.3 Å². The van der Waals surface area contributed by atoms with E-state index in [0.29, 0.717) is 42.5 Å². The second kappa shape index (κ2) is 11.1. The molecule has 5 aliphatic heterocycles. The molecule has 9 rings (SSSR count). The Hall–Kier alpha value is -3.87. The smallest absolute Gasteiger partial charge is 0.319 e. The van der Waals surface area contributed by atoms with Gasteiger partial charge in [-0.15, -0.1) is 0 Å². The minimum absolute atomic E-state index is 0.00431. The van der Waals surface area contributed by atoms with Crippen LogP contribution in [0.25, 0.3) is 32.8 Å². The molecule has 6 atom stereocenters. The van der Waals surface area contributed by atoms with Gasteiger partial charge in [0.2, 0.25) is 0 Å². The first-order valence-electron chi connectivity index (χ1n) is 17.0. The number of benzene rings is 3. The lowest BCUT2D eigenvalue weighted by atomic mass is 9.91. The lowest BCUT2D eigenvalue weighted by Crippen LogP contribution is -2.60. The fourth-order valence-corrected chi connectivity index (χ4v) is 9.33. The number of aliphatic hydroxyl groups is 1. The monoisotopic (exact) mass is 661 g/mol. The van der Waals surface area contributed by atoms with Crippen LogP contribution in [0.5, 0.6) is 17.5 Å². The number of alkyl halides is 1. The molecule has 4 aromatic rings. The van der Waals surface area contributed by atoms with Crippen LogP contribution < -0.4 is 19.7 Å². The van der Waals surface area contributed by atoms with Gasteiger partial charge in [-0.05, 0) is 65.6 Å². The average molecular weight is 662 g/mol. The molecule has 3 aromatic carbocycles. The van der Waals surface area contributed by atoms with Crippen molar-refractivity contribution in [2.45, 2.75) is 68.9 Å². The van der Waals surface area contributed by atoms with Crippen LogP contribution in [0.3, 0.4) is 0 Å². The van der Waals surface area contributed by atoms with Crippen LogP contribution in [-0.2, 0) is 6.42 Å². The van der Waals surface area contributed by atoms with E-state index in [1.165, 1.54) is 6.07 Å². The molecule has 1 aromatic heterocycles. The molecule has 12 heteroatoms. The molecular weight excluding hydrogens is 623 g/mol. The normalized spacial score (nSPS) is 29.3. The first kappa shape index (κ1) is 30.2. The number of aromatic nitrogens is 2. The summed E-state index contributed by atoms with van der Waals surface area (Å²) in [6.07, 6.45) is 2.33. The third-order valence-corrected chi connectivity index (χ3v) is 11.4. The van der Waals surface area contributed by atoms with Crippen molar-refractivity contribution in [3.8, 4) is 28.6 Å². The van der Waals surface area contributed by atoms with Crippen molar-refractivity contribution in [2.75, 3.05) is 44.4 Å². The van der Waals surface area contributed by atoms with Gasteiger partial charge in [-0.1, -0.05) is 25.1 Å². The number of hydrogen-bond donors (Lipinski definition) is 3. The molecule has 0 radical (unpaired) electrons. The summed E-state index contributed by atoms with van der Waals surface area (Å²) >= 11 is 0. The van der Waals surface area contributed by atoms with E-state index < -0.39 is 23.3 Å². The van der Waals surface area contributed by atoms with Gasteiger partial charge >= 0.3 is 6.01 Å². The number of ether oxygens (including phenoxy) is 2. The molecule has 3 N–H and O–H groups in total. The number of aromatic hydroxyl groups is 1. The van der Waals surface area contributed by atoms with Gasteiger partial charge in [-0.2, -0.15) is 9.97 Å². The fourth-order valence-electron chi connectivity index (χ4n) is 9.33. The highest BCUT2D eigenvalue weighted by Gasteiger charge is 2.53. The van der Waals surface area contributed by atoms with Crippen LogP contribution in [0.4, 0.5) is 19.0 Å². The molecule has 0 saturated carbocycles. The highest BCUT2D eigenvalue weighted by Crippen LogP contribution is 2.49. The Balaban J connectivity index is 1.24. The summed E-state index contributed by atoms with van der Waals surface area (Å²) in [5, 5.41) is 25.7. The molecular formula is C36H38F3N5O4. The quantitative estimate of drug-likeness (QED) is 0.267. The van der Waals surface area contributed by atoms with Crippen molar-refractivity contribution >= 4 is 27.5 Å². The second-order valence-electron chi connectivity index (χ2n) is 14.3. The number of aryl methyl sites for hydroxylation is 1. The lowest BCUT2D eigenvalue weighted by molar-refractivity contribution is 0.107. The van der Waals surface area contributed by atoms with E-state index in [0.717, 1.165) is 18.4 Å². The molecule has 9 nitrogen and oxygen atoms in total. The maximum Gasteiger partial charge on any atom is 0.319 e. The van der Waals surface area contributed by atoms with Gasteiger partial charge in [0.15, 0.2) is 17.4 Å². The molecule has 0 aliphatic carbocycles. The third kappa shape index (κ3) is 4.48. The van der Waals surface area contributed by atoms with E-state index in [1.807, 2.05) is 30.0 Å². The van der Waals surface area contributed by atoms with Crippen LogP contribution in [0.1, 0.15) is 38.2 Å². The minimum atomic E-state index is -1.01. The average Bonchev–Trinajstić information content (AvgIpc) is 3.68. The molecule has 2 unspecified atom stereocenters. The van der Waals surface area contributed by atoms with Gasteiger partial charge in [-0.25, -0.2) is 13.2 Å². The van der Waals surface area contributed by atoms with Gasteiger partial charge in [0.05, 0.1) is 22.5 Å². The van der Waals surface area contributed by atoms with E-state index in [4.69, 9.17) is 14.5 Å². The molecule has 2 bridgehead atoms. The molecule has 4 fully saturated rings. The molecule has 252 valence electrons. The van der Waals surface area contributed by atoms with Crippen LogP contribution in [-0.4, -0.2) is 94.4 Å². The fraction of sp³-hybridized carbons (Fsp3) is 0.500. The summed E-state index contributed by atoms with van der Waals surface area (Å²) in [4.78, 5) is 13.5. The standard InChI is InChI=1S/C36H38F3N5O4/c1-2-19-4-3-5-20-8-23(46)9-24(27(19)20)28-30(38)32-29-33(31(28)39)47-16-26-25-7-6-22(40-25)14-44(26)34(29)42-35(41-32)48-17-36-10-18(15-45)12-43(36)13-21(37)11-36/h3-5,8-9,18,21-22,25-26,40,45-46H,2,6-7,10-17H2,1H3/t18-,21+,22?,25?,26-,36-/m0/s1. The number of aliphatic hydroxyl groups excluding tert-OH is 1. The van der Waals surface area contributed by atoms with E-state index >= 15 is 8.78 Å². The van der Waals surface area contributed by atoms with Gasteiger partial charge < -0.3 is 29.9 Å². The van der Waals surface area contributed by atoms with Gasteiger partial charge in [0.25, 0.3) is 0 Å². The van der Waals surface area contributed by atoms with E-state index in [1.54, 1.807) is 6.07 Å². The summed E-state index contributed by atoms with van der Waals surface area (Å²) in [5.41, 5.74) is -0.0172. The Morgan fingerprint density at radius 3 is 2.79 bits per heavy atom. The number of nitrogens with zero attached hydrogens (tertiary/aromatic N) is 4. The molecule has 5 aliphatic rings. The Morgan fingerprint density at radius 1 is 1.08 bits per heavy atom. The molecule has 0 amide bonds. The highest BCUT2D eigenvalue weighted by atomic mass is 19.1. The number of hydrogen-bond acceptors (Lipinski definition) is 9. The van der Waals surface area contributed by atoms with Crippen LogP contribution in [0, 0.1) is 17.6 Å². The van der Waals surface area contributed by atoms with Gasteiger partial charge in [0.1, 0.15) is 36.5 Å². The van der Waals surface area contributed by atoms with E-state index in [9.17, 15) is 14.6 Å². The van der Waals surface area contributed by atoms with Crippen molar-refractivity contribution < 1.29 is 32.9 Å². The summed E-state index contributed by atoms with van der Waals surface area (Å²) in [6.45, 7) is 3.63. The molecule has 4 saturated heterocycles. The van der Waals surface area contributed by atoms with Crippen LogP contribution in [0.2, 0.25) is 0 Å². The number of piperazine rings is 1. The van der Waals surface area contributed by atoms with Crippen molar-refractivity contribution in [1.82, 2.24) is 20.2 Å². The number of rotatable bonds is 6. The minimum Gasteiger partial charge on any atom is -0.508 e. The van der Waals surface area contributed by atoms with Crippen LogP contribution >= 0.6 is 0 Å². The van der Waals surface area contributed by atoms with E-state index in [2.05, 4.69) is 15.2 Å². The SMILES string of the molecule is CCc1cccc2cc(O)cc(-c3c(F)c4c5c(nc(OC[C@]67C[C@@H](F)CN6C[C@@H](CO)C7)nc5c3F)N3CC5CCC(N5)[C@@H]3CO4)c12. The van der Waals surface area contributed by atoms with Crippen molar-refractivity contribution in [1.29, 1.82) is 0 Å². The zero-order chi connectivity index (χ0) is 32.9. The summed E-state index contributed by atoms with van der Waals surface area (Å²) in [5.74, 6) is -1.65. The number of halogens is 3. The molecule has 6 heterocycles. The number of nitrogens with one attached hydrogen (secondary N) is 1. The second-order valence-corrected chi connectivity index (χ2v) is 14.3. The number of phenols is 1. The van der Waals surface area contributed by atoms with Gasteiger partial charge in [0, 0.05) is 44.7 Å². The maximum atomic E-state index is 17.2. The predicted octanol–water partition coefficient (Wildman–Crippen LogP) is 4.87. The largest absolute Gasteiger partial charge is 0.508 e. The predicted molar refractivity (Wildman–Crippen MR) is 175 cm³/mol. The molecule has 0 spiro atoms. The Morgan fingerprint density at radius 2 is 1.96 bits per heavy atom. The zero-order valence-corrected chi connectivity index (χ0v) is 26.7. The van der Waals surface area contributed by atoms with E-state index in [-0.39, 0.29) is 96.4 Å². The Kier molecular flexibility index (Phi) is 6.97. The number of phenolic OH excluding ortho intramolecular Hbond substituents is 1. The van der Waals surface area contributed by atoms with Crippen molar-refractivity contribution in [3.63, 3.8) is 0 Å². The highest BCUT2D eigenvalue weighted by molar-refractivity contribution is 6.05. The first-order valence-corrected chi connectivity index (χ1v) is 17.0. The lowest BCUT2D eigenvalue weighted by Gasteiger charge is -2.40. The van der Waals surface area contributed by atoms with Crippen molar-refractivity contribution in [3.05, 3.63) is 47.5 Å². The Bertz CT molecular complexity index is 1960. The zero-order valence-electron chi connectivity index (χ0n) is 26.7. The first-order chi connectivity index (χ1) is 23.3. The number of anilines is 1. The topological polar surface area (TPSA) is 103 Å². The maximum absolute atomic E-state index is 17.2.